The Morgan fingerprint density at radius 2 is 1.57 bits per heavy atom. The summed E-state index contributed by atoms with van der Waals surface area (Å²) < 4.78 is 11.8. The van der Waals surface area contributed by atoms with Crippen molar-refractivity contribution in [1.29, 1.82) is 0 Å². The van der Waals surface area contributed by atoms with Gasteiger partial charge in [-0.05, 0) is 16.9 Å². The van der Waals surface area contributed by atoms with E-state index in [2.05, 4.69) is 60.7 Å². The van der Waals surface area contributed by atoms with Crippen LogP contribution in [0.2, 0.25) is 0 Å². The lowest BCUT2D eigenvalue weighted by Gasteiger charge is -2.37. The second kappa shape index (κ2) is 7.12. The van der Waals surface area contributed by atoms with Crippen molar-refractivity contribution >= 4 is 19.5 Å². The van der Waals surface area contributed by atoms with Crippen molar-refractivity contribution in [2.75, 3.05) is 14.2 Å². The van der Waals surface area contributed by atoms with Crippen LogP contribution in [0.25, 0.3) is 5.57 Å². The van der Waals surface area contributed by atoms with E-state index in [0.717, 1.165) is 23.3 Å². The number of hydrogen-bond acceptors (Lipinski definition) is 2. The Balaban J connectivity index is 2.10. The molecule has 1 aliphatic rings. The van der Waals surface area contributed by atoms with Crippen LogP contribution in [0, 0.1) is 0 Å². The molecule has 0 spiro atoms. The summed E-state index contributed by atoms with van der Waals surface area (Å²) >= 11 is 0. The average Bonchev–Trinajstić information content (AvgIpc) is 2.63. The molecule has 118 valence electrons. The summed E-state index contributed by atoms with van der Waals surface area (Å²) in [5, 5.41) is 0.900. The third-order valence-corrected chi connectivity index (χ3v) is 5.76. The van der Waals surface area contributed by atoms with Crippen LogP contribution in [0.5, 0.6) is 0 Å². The topological polar surface area (TPSA) is 18.5 Å². The Hall–Kier alpha value is -1.89. The van der Waals surface area contributed by atoms with Gasteiger partial charge in [-0.15, -0.1) is 0 Å². The first-order valence-electron chi connectivity index (χ1n) is 7.68. The largest absolute Gasteiger partial charge is 0.496 e. The number of methoxy groups -OCH3 is 2. The van der Waals surface area contributed by atoms with E-state index in [4.69, 9.17) is 9.47 Å². The van der Waals surface area contributed by atoms with E-state index in [1.807, 2.05) is 12.1 Å². The Bertz CT molecular complexity index is 707. The summed E-state index contributed by atoms with van der Waals surface area (Å²) in [4.78, 5) is 0. The van der Waals surface area contributed by atoms with E-state index >= 15 is 0 Å². The first-order valence-corrected chi connectivity index (χ1v) is 8.68. The van der Waals surface area contributed by atoms with Crippen LogP contribution >= 0.6 is 8.58 Å². The smallest absolute Gasteiger partial charge is 0.125 e. The van der Waals surface area contributed by atoms with Crippen LogP contribution < -0.4 is 5.30 Å². The molecule has 0 fully saturated rings. The summed E-state index contributed by atoms with van der Waals surface area (Å²) in [5.74, 6) is 0.882. The minimum absolute atomic E-state index is 0.386. The quantitative estimate of drug-likeness (QED) is 0.761. The summed E-state index contributed by atoms with van der Waals surface area (Å²) in [6.07, 6.45) is 5.04. The zero-order valence-corrected chi connectivity index (χ0v) is 14.5. The van der Waals surface area contributed by atoms with Gasteiger partial charge in [-0.3, -0.25) is 0 Å². The molecule has 0 radical (unpaired) electrons. The molecule has 3 heteroatoms. The molecule has 0 bridgehead atoms. The third-order valence-electron chi connectivity index (χ3n) is 4.08. The van der Waals surface area contributed by atoms with Crippen molar-refractivity contribution < 1.29 is 9.47 Å². The Morgan fingerprint density at radius 1 is 0.913 bits per heavy atom. The van der Waals surface area contributed by atoms with Gasteiger partial charge in [-0.1, -0.05) is 75.3 Å². The van der Waals surface area contributed by atoms with Gasteiger partial charge in [0.2, 0.25) is 0 Å². The standard InChI is InChI=1S/C20H21O2P/c1-21-18-14-9-15-20(22-2,23-17-12-7-4-8-13-17)19(18)16-10-5-3-6-11-16/h3-14,23H,15H2,1-2H3. The monoisotopic (exact) mass is 324 g/mol. The van der Waals surface area contributed by atoms with Gasteiger partial charge in [-0.2, -0.15) is 0 Å². The molecule has 23 heavy (non-hydrogen) atoms. The molecule has 2 nitrogen and oxygen atoms in total. The van der Waals surface area contributed by atoms with E-state index in [0.29, 0.717) is 8.58 Å². The van der Waals surface area contributed by atoms with E-state index in [-0.39, 0.29) is 5.34 Å². The molecule has 2 atom stereocenters. The average molecular weight is 324 g/mol. The molecule has 0 heterocycles. The second-order valence-electron chi connectivity index (χ2n) is 5.44. The number of allylic oxidation sites excluding steroid dienone is 1. The molecule has 0 aromatic heterocycles. The van der Waals surface area contributed by atoms with Crippen molar-refractivity contribution in [3.05, 3.63) is 84.1 Å². The predicted octanol–water partition coefficient (Wildman–Crippen LogP) is 4.35. The van der Waals surface area contributed by atoms with E-state index in [9.17, 15) is 0 Å². The maximum atomic E-state index is 6.11. The van der Waals surface area contributed by atoms with Crippen molar-refractivity contribution in [3.8, 4) is 0 Å². The second-order valence-corrected chi connectivity index (χ2v) is 7.07. The minimum Gasteiger partial charge on any atom is -0.496 e. The summed E-state index contributed by atoms with van der Waals surface area (Å²) in [5.41, 5.74) is 2.28. The fourth-order valence-corrected chi connectivity index (χ4v) is 4.51. The van der Waals surface area contributed by atoms with Crippen molar-refractivity contribution in [1.82, 2.24) is 0 Å². The third kappa shape index (κ3) is 3.24. The zero-order valence-electron chi connectivity index (χ0n) is 13.5. The van der Waals surface area contributed by atoms with Gasteiger partial charge < -0.3 is 9.47 Å². The molecule has 2 unspecified atom stereocenters. The highest BCUT2D eigenvalue weighted by Crippen LogP contribution is 2.50. The first kappa shape index (κ1) is 16.0. The van der Waals surface area contributed by atoms with E-state index in [1.54, 1.807) is 14.2 Å². The van der Waals surface area contributed by atoms with E-state index < -0.39 is 0 Å². The van der Waals surface area contributed by atoms with Crippen LogP contribution in [-0.2, 0) is 9.47 Å². The van der Waals surface area contributed by atoms with Gasteiger partial charge in [0.15, 0.2) is 0 Å². The van der Waals surface area contributed by atoms with Crippen molar-refractivity contribution in [2.24, 2.45) is 0 Å². The van der Waals surface area contributed by atoms with Crippen LogP contribution in [0.3, 0.4) is 0 Å². The number of hydrogen-bond donors (Lipinski definition) is 0. The molecule has 0 aliphatic heterocycles. The summed E-state index contributed by atoms with van der Waals surface area (Å²) in [7, 11) is 4.03. The normalized spacial score (nSPS) is 21.1. The number of benzene rings is 2. The lowest BCUT2D eigenvalue weighted by Crippen LogP contribution is -2.32. The molecular formula is C20H21O2P. The van der Waals surface area contributed by atoms with Crippen LogP contribution in [0.15, 0.2) is 78.6 Å². The highest BCUT2D eigenvalue weighted by molar-refractivity contribution is 7.49. The predicted molar refractivity (Wildman–Crippen MR) is 98.3 cm³/mol. The van der Waals surface area contributed by atoms with Crippen LogP contribution in [-0.4, -0.2) is 19.6 Å². The first-order chi connectivity index (χ1) is 11.3. The Kier molecular flexibility index (Phi) is 4.95. The molecule has 0 saturated carbocycles. The molecular weight excluding hydrogens is 303 g/mol. The number of ether oxygens (including phenoxy) is 2. The number of rotatable bonds is 5. The summed E-state index contributed by atoms with van der Waals surface area (Å²) in [6.45, 7) is 0. The molecule has 1 aliphatic carbocycles. The minimum atomic E-state index is -0.386. The van der Waals surface area contributed by atoms with Crippen molar-refractivity contribution in [2.45, 2.75) is 11.8 Å². The maximum Gasteiger partial charge on any atom is 0.125 e. The maximum absolute atomic E-state index is 6.11. The molecule has 2 aromatic carbocycles. The Labute approximate surface area is 139 Å². The SMILES string of the molecule is COC1=C(c2ccccc2)C(OC)(Pc2ccccc2)CC=C1. The van der Waals surface area contributed by atoms with Gasteiger partial charge in [0.1, 0.15) is 11.1 Å². The fraction of sp³-hybridized carbons (Fsp3) is 0.200. The highest BCUT2D eigenvalue weighted by Gasteiger charge is 2.39. The Morgan fingerprint density at radius 3 is 2.17 bits per heavy atom. The molecule has 0 amide bonds. The lowest BCUT2D eigenvalue weighted by molar-refractivity contribution is 0.114. The van der Waals surface area contributed by atoms with Gasteiger partial charge in [0, 0.05) is 19.1 Å². The van der Waals surface area contributed by atoms with Crippen molar-refractivity contribution in [3.63, 3.8) is 0 Å². The van der Waals surface area contributed by atoms with Gasteiger partial charge in [-0.25, -0.2) is 0 Å². The molecule has 0 N–H and O–H groups in total. The van der Waals surface area contributed by atoms with Gasteiger partial charge in [0.25, 0.3) is 0 Å². The fourth-order valence-electron chi connectivity index (χ4n) is 2.97. The highest BCUT2D eigenvalue weighted by atomic mass is 31.1. The lowest BCUT2D eigenvalue weighted by atomic mass is 9.92. The van der Waals surface area contributed by atoms with Gasteiger partial charge >= 0.3 is 0 Å². The summed E-state index contributed by atoms with van der Waals surface area (Å²) in [6, 6.07) is 20.9. The molecule has 0 saturated heterocycles. The van der Waals surface area contributed by atoms with Crippen LogP contribution in [0.1, 0.15) is 12.0 Å². The zero-order chi connectivity index (χ0) is 16.1. The van der Waals surface area contributed by atoms with Gasteiger partial charge in [0.05, 0.1) is 7.11 Å². The molecule has 3 rings (SSSR count). The van der Waals surface area contributed by atoms with E-state index in [1.165, 1.54) is 5.30 Å². The molecule has 2 aromatic rings. The van der Waals surface area contributed by atoms with Crippen LogP contribution in [0.4, 0.5) is 0 Å².